The van der Waals surface area contributed by atoms with Crippen LogP contribution in [0.4, 0.5) is 4.79 Å². The van der Waals surface area contributed by atoms with Crippen molar-refractivity contribution in [3.8, 4) is 0 Å². The number of nitrogens with one attached hydrogen (secondary N) is 4. The van der Waals surface area contributed by atoms with Gasteiger partial charge in [0.05, 0.1) is 6.04 Å². The Bertz CT molecular complexity index is 933. The number of hydrogen-bond acceptors (Lipinski definition) is 5. The fourth-order valence-electron chi connectivity index (χ4n) is 5.65. The van der Waals surface area contributed by atoms with Gasteiger partial charge in [-0.25, -0.2) is 4.79 Å². The molecule has 0 bridgehead atoms. The average molecular weight is 534 g/mol. The number of urea groups is 1. The Morgan fingerprint density at radius 3 is 2.13 bits per heavy atom. The van der Waals surface area contributed by atoms with E-state index in [0.717, 1.165) is 32.1 Å². The molecule has 1 saturated heterocycles. The zero-order valence-electron chi connectivity index (χ0n) is 24.1. The van der Waals surface area contributed by atoms with E-state index in [1.165, 1.54) is 0 Å². The fourth-order valence-corrected chi connectivity index (χ4v) is 5.65. The van der Waals surface area contributed by atoms with E-state index in [2.05, 4.69) is 21.3 Å². The molecule has 3 fully saturated rings. The van der Waals surface area contributed by atoms with Crippen molar-refractivity contribution in [2.45, 2.75) is 123 Å². The summed E-state index contributed by atoms with van der Waals surface area (Å²) in [5.74, 6) is -1.82. The minimum absolute atomic E-state index is 0.0133. The molecule has 0 spiro atoms. The lowest BCUT2D eigenvalue weighted by molar-refractivity contribution is -0.144. The van der Waals surface area contributed by atoms with Crippen LogP contribution in [0.3, 0.4) is 0 Å². The number of hydrogen-bond donors (Lipinski definition) is 4. The van der Waals surface area contributed by atoms with Crippen LogP contribution in [0, 0.1) is 17.3 Å². The van der Waals surface area contributed by atoms with Gasteiger partial charge in [-0.15, -0.1) is 0 Å². The zero-order chi connectivity index (χ0) is 28.4. The lowest BCUT2D eigenvalue weighted by atomic mass is 9.85. The van der Waals surface area contributed by atoms with Crippen LogP contribution >= 0.6 is 0 Å². The van der Waals surface area contributed by atoms with Crippen LogP contribution in [0.2, 0.25) is 0 Å². The highest BCUT2D eigenvalue weighted by Crippen LogP contribution is 2.43. The molecule has 38 heavy (non-hydrogen) atoms. The third kappa shape index (κ3) is 7.47. The topological polar surface area (TPSA) is 137 Å². The number of Topliss-reactive ketones (excluding diaryl/α,β-unsaturated/α-hetero) is 1. The highest BCUT2D eigenvalue weighted by atomic mass is 16.2. The van der Waals surface area contributed by atoms with Gasteiger partial charge in [-0.05, 0) is 70.1 Å². The Morgan fingerprint density at radius 2 is 1.58 bits per heavy atom. The summed E-state index contributed by atoms with van der Waals surface area (Å²) in [4.78, 5) is 67.4. The largest absolute Gasteiger partial charge is 0.347 e. The highest BCUT2D eigenvalue weighted by Gasteiger charge is 2.52. The smallest absolute Gasteiger partial charge is 0.315 e. The molecule has 10 heteroatoms. The minimum Gasteiger partial charge on any atom is -0.347 e. The molecule has 2 saturated carbocycles. The quantitative estimate of drug-likeness (QED) is 0.337. The number of nitrogens with zero attached hydrogens (tertiary/aromatic N) is 1. The van der Waals surface area contributed by atoms with Crippen LogP contribution in [0.1, 0.15) is 93.4 Å². The van der Waals surface area contributed by atoms with E-state index in [1.54, 1.807) is 4.90 Å². The second-order valence-electron chi connectivity index (χ2n) is 13.4. The lowest BCUT2D eigenvalue weighted by Crippen LogP contribution is -2.61. The lowest BCUT2D eigenvalue weighted by Gasteiger charge is -2.37. The number of rotatable bonds is 9. The fraction of sp³-hybridized carbons (Fsp3) is 0.821. The van der Waals surface area contributed by atoms with Gasteiger partial charge in [0.25, 0.3) is 5.91 Å². The predicted octanol–water partition coefficient (Wildman–Crippen LogP) is 2.26. The van der Waals surface area contributed by atoms with Crippen molar-refractivity contribution in [1.29, 1.82) is 0 Å². The summed E-state index contributed by atoms with van der Waals surface area (Å²) in [7, 11) is 0. The van der Waals surface area contributed by atoms with Gasteiger partial charge in [0.2, 0.25) is 17.6 Å². The second-order valence-corrected chi connectivity index (χ2v) is 13.4. The molecule has 5 atom stereocenters. The maximum Gasteiger partial charge on any atom is 0.315 e. The van der Waals surface area contributed by atoms with E-state index < -0.39 is 52.7 Å². The van der Waals surface area contributed by atoms with E-state index >= 15 is 0 Å². The Kier molecular flexibility index (Phi) is 9.14. The molecular weight excluding hydrogens is 486 g/mol. The summed E-state index contributed by atoms with van der Waals surface area (Å²) in [5, 5.41) is 11.3. The molecule has 4 N–H and O–H groups in total. The first-order valence-corrected chi connectivity index (χ1v) is 14.2. The van der Waals surface area contributed by atoms with E-state index in [-0.39, 0.29) is 23.8 Å². The van der Waals surface area contributed by atoms with E-state index in [0.29, 0.717) is 19.4 Å². The predicted molar refractivity (Wildman–Crippen MR) is 144 cm³/mol. The van der Waals surface area contributed by atoms with Crippen molar-refractivity contribution in [3.05, 3.63) is 0 Å². The van der Waals surface area contributed by atoms with Gasteiger partial charge in [0, 0.05) is 18.1 Å². The van der Waals surface area contributed by atoms with Crippen LogP contribution in [-0.2, 0) is 19.2 Å². The third-order valence-corrected chi connectivity index (χ3v) is 7.67. The molecule has 10 nitrogen and oxygen atoms in total. The normalized spacial score (nSPS) is 24.7. The van der Waals surface area contributed by atoms with Gasteiger partial charge in [-0.3, -0.25) is 19.2 Å². The van der Waals surface area contributed by atoms with Gasteiger partial charge in [0.15, 0.2) is 0 Å². The summed E-state index contributed by atoms with van der Waals surface area (Å²) in [5.41, 5.74) is -1.08. The highest BCUT2D eigenvalue weighted by molar-refractivity contribution is 6.38. The molecule has 0 radical (unpaired) electrons. The number of fused-ring (bicyclic) bond motifs is 1. The van der Waals surface area contributed by atoms with Crippen LogP contribution in [-0.4, -0.2) is 70.7 Å². The SMILES string of the molecule is CCC[C@H](NC(=O)[C@@H]1[C@H]2CCC[C@H]2CN1C(=O)[C@@H](NC(=O)NC(C)(C)C)C(C)(C)C)C(=O)C(=O)NC1CC1. The number of amides is 5. The Morgan fingerprint density at radius 1 is 0.921 bits per heavy atom. The molecule has 0 aromatic rings. The number of ketones is 1. The first-order chi connectivity index (χ1) is 17.6. The zero-order valence-corrected chi connectivity index (χ0v) is 24.1. The molecule has 1 aliphatic heterocycles. The van der Waals surface area contributed by atoms with Crippen LogP contribution < -0.4 is 21.3 Å². The molecule has 1 heterocycles. The Balaban J connectivity index is 1.81. The second kappa shape index (κ2) is 11.6. The molecule has 2 aliphatic carbocycles. The molecule has 0 aromatic carbocycles. The van der Waals surface area contributed by atoms with Gasteiger partial charge in [-0.1, -0.05) is 40.5 Å². The average Bonchev–Trinajstić information content (AvgIpc) is 3.35. The molecule has 3 aliphatic rings. The summed E-state index contributed by atoms with van der Waals surface area (Å²) in [6.45, 7) is 13.6. The Hall–Kier alpha value is -2.65. The van der Waals surface area contributed by atoms with Crippen LogP contribution in [0.15, 0.2) is 0 Å². The first-order valence-electron chi connectivity index (χ1n) is 14.2. The minimum atomic E-state index is -0.933. The van der Waals surface area contributed by atoms with Gasteiger partial charge in [-0.2, -0.15) is 0 Å². The number of likely N-dealkylation sites (tertiary alicyclic amines) is 1. The standard InChI is InChI=1S/C28H47N5O5/c1-8-10-19(21(34)24(36)29-17-13-14-17)30-23(35)20-18-12-9-11-16(18)15-33(20)25(37)22(27(2,3)4)31-26(38)32-28(5,6)7/h16-20,22H,8-15H2,1-7H3,(H,29,36)(H,30,35)(H2,31,32,38)/t16-,18-,19-,20-,22+/m0/s1. The van der Waals surface area contributed by atoms with Crippen molar-refractivity contribution in [2.75, 3.05) is 6.54 Å². The van der Waals surface area contributed by atoms with Crippen molar-refractivity contribution in [3.63, 3.8) is 0 Å². The maximum atomic E-state index is 14.0. The van der Waals surface area contributed by atoms with E-state index in [4.69, 9.17) is 0 Å². The summed E-state index contributed by atoms with van der Waals surface area (Å²) in [6, 6.07) is -2.93. The first kappa shape index (κ1) is 29.9. The summed E-state index contributed by atoms with van der Waals surface area (Å²) in [6.07, 6.45) is 5.42. The van der Waals surface area contributed by atoms with Crippen molar-refractivity contribution in [1.82, 2.24) is 26.2 Å². The molecule has 0 aromatic heterocycles. The van der Waals surface area contributed by atoms with Gasteiger partial charge >= 0.3 is 6.03 Å². The van der Waals surface area contributed by atoms with Crippen LogP contribution in [0.25, 0.3) is 0 Å². The van der Waals surface area contributed by atoms with Crippen molar-refractivity contribution in [2.24, 2.45) is 17.3 Å². The van der Waals surface area contributed by atoms with E-state index in [9.17, 15) is 24.0 Å². The molecule has 0 unspecified atom stereocenters. The Labute approximate surface area is 226 Å². The van der Waals surface area contributed by atoms with Crippen molar-refractivity contribution >= 4 is 29.5 Å². The summed E-state index contributed by atoms with van der Waals surface area (Å²) >= 11 is 0. The molecule has 5 amide bonds. The molecule has 214 valence electrons. The monoisotopic (exact) mass is 533 g/mol. The van der Waals surface area contributed by atoms with Gasteiger partial charge in [0.1, 0.15) is 12.1 Å². The van der Waals surface area contributed by atoms with Crippen molar-refractivity contribution < 1.29 is 24.0 Å². The summed E-state index contributed by atoms with van der Waals surface area (Å²) < 4.78 is 0. The number of carbonyl (C=O) groups is 5. The maximum absolute atomic E-state index is 14.0. The van der Waals surface area contributed by atoms with Gasteiger partial charge < -0.3 is 26.2 Å². The molecule has 3 rings (SSSR count). The number of carbonyl (C=O) groups excluding carboxylic acids is 5. The van der Waals surface area contributed by atoms with Crippen LogP contribution in [0.5, 0.6) is 0 Å². The van der Waals surface area contributed by atoms with E-state index in [1.807, 2.05) is 48.5 Å². The third-order valence-electron chi connectivity index (χ3n) is 7.67. The molecular formula is C28H47N5O5.